The van der Waals surface area contributed by atoms with Gasteiger partial charge in [-0.15, -0.1) is 0 Å². The lowest BCUT2D eigenvalue weighted by atomic mass is 9.74. The van der Waals surface area contributed by atoms with Crippen LogP contribution in [0.15, 0.2) is 24.5 Å². The Hall–Kier alpha value is -1.38. The van der Waals surface area contributed by atoms with E-state index in [9.17, 15) is 4.79 Å². The van der Waals surface area contributed by atoms with Crippen LogP contribution in [0.5, 0.6) is 0 Å². The van der Waals surface area contributed by atoms with E-state index in [1.165, 1.54) is 12.8 Å². The molecule has 0 radical (unpaired) electrons. The van der Waals surface area contributed by atoms with Gasteiger partial charge >= 0.3 is 0 Å². The Bertz CT molecular complexity index is 353. The second-order valence-corrected chi connectivity index (χ2v) is 4.60. The molecule has 1 aliphatic carbocycles. The molecule has 1 aromatic heterocycles. The minimum Gasteiger partial charge on any atom is -0.369 e. The summed E-state index contributed by atoms with van der Waals surface area (Å²) in [6.45, 7) is 0. The number of nitrogens with zero attached hydrogens (tertiary/aromatic N) is 1. The smallest absolute Gasteiger partial charge is 0.228 e. The second kappa shape index (κ2) is 4.64. The molecule has 0 aliphatic heterocycles. The number of pyridine rings is 1. The van der Waals surface area contributed by atoms with Crippen LogP contribution in [-0.4, -0.2) is 10.9 Å². The number of hydrogen-bond donors (Lipinski definition) is 1. The fourth-order valence-corrected chi connectivity index (χ4v) is 2.66. The number of carbonyl (C=O) groups excluding carboxylic acids is 1. The van der Waals surface area contributed by atoms with Crippen LogP contribution in [-0.2, 0) is 10.2 Å². The van der Waals surface area contributed by atoms with Crippen molar-refractivity contribution < 1.29 is 4.79 Å². The molecule has 1 saturated carbocycles. The van der Waals surface area contributed by atoms with Crippen molar-refractivity contribution in [2.45, 2.75) is 43.9 Å². The summed E-state index contributed by atoms with van der Waals surface area (Å²) in [5.41, 5.74) is 6.16. The fraction of sp³-hybridized carbons (Fsp3) is 0.538. The zero-order valence-electron chi connectivity index (χ0n) is 9.48. The normalized spacial score (nSPS) is 20.0. The Kier molecular flexibility index (Phi) is 3.22. The molecule has 0 saturated heterocycles. The summed E-state index contributed by atoms with van der Waals surface area (Å²) in [4.78, 5) is 15.9. The quantitative estimate of drug-likeness (QED) is 0.773. The molecule has 0 bridgehead atoms. The van der Waals surface area contributed by atoms with Gasteiger partial charge in [0.1, 0.15) is 0 Å². The predicted octanol–water partition coefficient (Wildman–Crippen LogP) is 2.16. The van der Waals surface area contributed by atoms with Crippen molar-refractivity contribution in [3.63, 3.8) is 0 Å². The first kappa shape index (κ1) is 11.1. The Morgan fingerprint density at radius 3 is 2.44 bits per heavy atom. The molecular weight excluding hydrogens is 200 g/mol. The van der Waals surface area contributed by atoms with Gasteiger partial charge in [-0.3, -0.25) is 9.78 Å². The summed E-state index contributed by atoms with van der Waals surface area (Å²) < 4.78 is 0. The zero-order chi connectivity index (χ0) is 11.4. The molecule has 1 aliphatic rings. The van der Waals surface area contributed by atoms with Crippen LogP contribution in [0.1, 0.15) is 44.1 Å². The van der Waals surface area contributed by atoms with Crippen LogP contribution < -0.4 is 5.73 Å². The number of carbonyl (C=O) groups is 1. The van der Waals surface area contributed by atoms with Crippen molar-refractivity contribution in [3.05, 3.63) is 30.1 Å². The van der Waals surface area contributed by atoms with Crippen LogP contribution in [0.3, 0.4) is 0 Å². The molecule has 3 nitrogen and oxygen atoms in total. The number of primary amides is 1. The molecule has 1 aromatic rings. The van der Waals surface area contributed by atoms with Crippen molar-refractivity contribution >= 4 is 5.91 Å². The molecule has 86 valence electrons. The van der Waals surface area contributed by atoms with Crippen molar-refractivity contribution in [2.75, 3.05) is 0 Å². The Morgan fingerprint density at radius 1 is 1.25 bits per heavy atom. The summed E-state index contributed by atoms with van der Waals surface area (Å²) in [6, 6.07) is 3.86. The SMILES string of the molecule is NC(=O)C1(c2cccnc2)CCCCCC1. The first-order valence-corrected chi connectivity index (χ1v) is 5.96. The number of rotatable bonds is 2. The predicted molar refractivity (Wildman–Crippen MR) is 62.8 cm³/mol. The molecule has 0 atom stereocenters. The second-order valence-electron chi connectivity index (χ2n) is 4.60. The van der Waals surface area contributed by atoms with Crippen LogP contribution in [0, 0.1) is 0 Å². The molecule has 0 aromatic carbocycles. The molecular formula is C13H18N2O. The molecule has 3 heteroatoms. The van der Waals surface area contributed by atoms with Gasteiger partial charge in [-0.1, -0.05) is 31.7 Å². The third-order valence-corrected chi connectivity index (χ3v) is 3.64. The summed E-state index contributed by atoms with van der Waals surface area (Å²) in [5.74, 6) is -0.192. The van der Waals surface area contributed by atoms with Crippen molar-refractivity contribution in [3.8, 4) is 0 Å². The molecule has 1 heterocycles. The summed E-state index contributed by atoms with van der Waals surface area (Å²) in [5, 5.41) is 0. The van der Waals surface area contributed by atoms with E-state index in [1.54, 1.807) is 12.4 Å². The van der Waals surface area contributed by atoms with Gasteiger partial charge in [-0.05, 0) is 24.5 Å². The largest absolute Gasteiger partial charge is 0.369 e. The molecule has 2 N–H and O–H groups in total. The average molecular weight is 218 g/mol. The lowest BCUT2D eigenvalue weighted by molar-refractivity contribution is -0.124. The third kappa shape index (κ3) is 1.94. The lowest BCUT2D eigenvalue weighted by Gasteiger charge is -2.29. The van der Waals surface area contributed by atoms with Crippen molar-refractivity contribution in [2.24, 2.45) is 5.73 Å². The van der Waals surface area contributed by atoms with Crippen molar-refractivity contribution in [1.82, 2.24) is 4.98 Å². The summed E-state index contributed by atoms with van der Waals surface area (Å²) in [6.07, 6.45) is 9.83. The lowest BCUT2D eigenvalue weighted by Crippen LogP contribution is -2.40. The molecule has 0 unspecified atom stereocenters. The summed E-state index contributed by atoms with van der Waals surface area (Å²) in [7, 11) is 0. The Balaban J connectivity index is 2.38. The Morgan fingerprint density at radius 2 is 1.94 bits per heavy atom. The van der Waals surface area contributed by atoms with Crippen LogP contribution in [0.25, 0.3) is 0 Å². The van der Waals surface area contributed by atoms with E-state index >= 15 is 0 Å². The third-order valence-electron chi connectivity index (χ3n) is 3.64. The van der Waals surface area contributed by atoms with Gasteiger partial charge < -0.3 is 5.73 Å². The van der Waals surface area contributed by atoms with Gasteiger partial charge in [0, 0.05) is 12.4 Å². The average Bonchev–Trinajstić information content (AvgIpc) is 2.56. The number of hydrogen-bond acceptors (Lipinski definition) is 2. The van der Waals surface area contributed by atoms with Crippen LogP contribution in [0.4, 0.5) is 0 Å². The van der Waals surface area contributed by atoms with Gasteiger partial charge in [-0.2, -0.15) is 0 Å². The van der Waals surface area contributed by atoms with E-state index in [-0.39, 0.29) is 5.91 Å². The minimum absolute atomic E-state index is 0.192. The highest BCUT2D eigenvalue weighted by Gasteiger charge is 2.38. The first-order valence-electron chi connectivity index (χ1n) is 5.96. The van der Waals surface area contributed by atoms with Gasteiger partial charge in [0.2, 0.25) is 5.91 Å². The van der Waals surface area contributed by atoms with Crippen LogP contribution in [0.2, 0.25) is 0 Å². The van der Waals surface area contributed by atoms with E-state index in [1.807, 2.05) is 12.1 Å². The monoisotopic (exact) mass is 218 g/mol. The standard InChI is InChI=1S/C13H18N2O/c14-12(16)13(7-3-1-2-4-8-13)11-6-5-9-15-10-11/h5-6,9-10H,1-4,7-8H2,(H2,14,16). The zero-order valence-corrected chi connectivity index (χ0v) is 9.48. The van der Waals surface area contributed by atoms with E-state index < -0.39 is 5.41 Å². The van der Waals surface area contributed by atoms with Gasteiger partial charge in [0.15, 0.2) is 0 Å². The Labute approximate surface area is 96.1 Å². The van der Waals surface area contributed by atoms with Crippen LogP contribution >= 0.6 is 0 Å². The highest BCUT2D eigenvalue weighted by molar-refractivity contribution is 5.86. The number of amides is 1. The first-order chi connectivity index (χ1) is 7.76. The maximum absolute atomic E-state index is 11.8. The van der Waals surface area contributed by atoms with Gasteiger partial charge in [0.05, 0.1) is 5.41 Å². The maximum atomic E-state index is 11.8. The molecule has 2 rings (SSSR count). The van der Waals surface area contributed by atoms with Gasteiger partial charge in [-0.25, -0.2) is 0 Å². The van der Waals surface area contributed by atoms with E-state index in [0.29, 0.717) is 0 Å². The highest BCUT2D eigenvalue weighted by Crippen LogP contribution is 2.37. The van der Waals surface area contributed by atoms with Crippen molar-refractivity contribution in [1.29, 1.82) is 0 Å². The number of aromatic nitrogens is 1. The molecule has 0 spiro atoms. The minimum atomic E-state index is -0.467. The topological polar surface area (TPSA) is 56.0 Å². The van der Waals surface area contributed by atoms with E-state index in [2.05, 4.69) is 4.98 Å². The summed E-state index contributed by atoms with van der Waals surface area (Å²) >= 11 is 0. The maximum Gasteiger partial charge on any atom is 0.228 e. The molecule has 1 fully saturated rings. The van der Waals surface area contributed by atoms with Gasteiger partial charge in [0.25, 0.3) is 0 Å². The molecule has 16 heavy (non-hydrogen) atoms. The highest BCUT2D eigenvalue weighted by atomic mass is 16.1. The van der Waals surface area contributed by atoms with E-state index in [4.69, 9.17) is 5.73 Å². The number of nitrogens with two attached hydrogens (primary N) is 1. The molecule has 1 amide bonds. The fourth-order valence-electron chi connectivity index (χ4n) is 2.66. The van der Waals surface area contributed by atoms with E-state index in [0.717, 1.165) is 31.2 Å².